The lowest BCUT2D eigenvalue weighted by Gasteiger charge is -2.06. The van der Waals surface area contributed by atoms with E-state index in [-0.39, 0.29) is 11.7 Å². The van der Waals surface area contributed by atoms with E-state index in [4.69, 9.17) is 0 Å². The van der Waals surface area contributed by atoms with Crippen LogP contribution in [-0.4, -0.2) is 16.1 Å². The molecule has 5 nitrogen and oxygen atoms in total. The third-order valence-corrected chi connectivity index (χ3v) is 2.37. The molecule has 19 heavy (non-hydrogen) atoms. The Bertz CT molecular complexity index is 554. The molecule has 0 saturated heterocycles. The molecular weight excluding hydrogens is 247 g/mol. The van der Waals surface area contributed by atoms with Crippen molar-refractivity contribution in [2.75, 3.05) is 10.6 Å². The van der Waals surface area contributed by atoms with Crippen LogP contribution in [0.15, 0.2) is 36.4 Å². The van der Waals surface area contributed by atoms with Gasteiger partial charge in [-0.15, -0.1) is 10.2 Å². The Kier molecular flexibility index (Phi) is 4.02. The maximum absolute atomic E-state index is 12.7. The summed E-state index contributed by atoms with van der Waals surface area (Å²) >= 11 is 0. The summed E-state index contributed by atoms with van der Waals surface area (Å²) in [6.07, 6.45) is 0.386. The number of hydrogen-bond donors (Lipinski definition) is 2. The van der Waals surface area contributed by atoms with Gasteiger partial charge in [0, 0.05) is 12.1 Å². The molecule has 0 unspecified atom stereocenters. The van der Waals surface area contributed by atoms with E-state index < -0.39 is 0 Å². The first-order valence-corrected chi connectivity index (χ1v) is 5.83. The van der Waals surface area contributed by atoms with Crippen LogP contribution in [-0.2, 0) is 4.79 Å². The molecule has 1 heterocycles. The summed E-state index contributed by atoms with van der Waals surface area (Å²) in [7, 11) is 0. The van der Waals surface area contributed by atoms with Gasteiger partial charge in [0.15, 0.2) is 11.6 Å². The van der Waals surface area contributed by atoms with Crippen molar-refractivity contribution in [1.82, 2.24) is 10.2 Å². The molecule has 0 radical (unpaired) electrons. The number of halogens is 1. The Morgan fingerprint density at radius 1 is 1.11 bits per heavy atom. The predicted octanol–water partition coefficient (Wildman–Crippen LogP) is 2.71. The van der Waals surface area contributed by atoms with Gasteiger partial charge in [0.25, 0.3) is 0 Å². The first-order valence-electron chi connectivity index (χ1n) is 5.83. The van der Waals surface area contributed by atoms with E-state index in [0.29, 0.717) is 23.7 Å². The van der Waals surface area contributed by atoms with Crippen LogP contribution in [0.3, 0.4) is 0 Å². The standard InChI is InChI=1S/C13H13FN4O/c1-2-13(19)16-12-8-7-11(17-18-12)15-10-5-3-9(14)4-6-10/h3-8H,2H2,1H3,(H,15,17)(H,16,18,19). The van der Waals surface area contributed by atoms with Crippen molar-refractivity contribution in [3.05, 3.63) is 42.2 Å². The Labute approximate surface area is 109 Å². The van der Waals surface area contributed by atoms with E-state index in [9.17, 15) is 9.18 Å². The maximum Gasteiger partial charge on any atom is 0.225 e. The van der Waals surface area contributed by atoms with Crippen LogP contribution in [0.4, 0.5) is 21.7 Å². The zero-order valence-corrected chi connectivity index (χ0v) is 10.4. The fourth-order valence-electron chi connectivity index (χ4n) is 1.38. The van der Waals surface area contributed by atoms with Gasteiger partial charge in [-0.05, 0) is 36.4 Å². The van der Waals surface area contributed by atoms with Crippen LogP contribution >= 0.6 is 0 Å². The summed E-state index contributed by atoms with van der Waals surface area (Å²) in [5.41, 5.74) is 0.709. The van der Waals surface area contributed by atoms with E-state index in [0.717, 1.165) is 0 Å². The van der Waals surface area contributed by atoms with Gasteiger partial charge in [-0.2, -0.15) is 0 Å². The molecule has 2 N–H and O–H groups in total. The van der Waals surface area contributed by atoms with Gasteiger partial charge in [-0.1, -0.05) is 6.92 Å². The fraction of sp³-hybridized carbons (Fsp3) is 0.154. The van der Waals surface area contributed by atoms with E-state index in [1.165, 1.54) is 12.1 Å². The third kappa shape index (κ3) is 3.74. The summed E-state index contributed by atoms with van der Waals surface area (Å²) in [5, 5.41) is 13.3. The monoisotopic (exact) mass is 260 g/mol. The van der Waals surface area contributed by atoms with Gasteiger partial charge in [0.05, 0.1) is 0 Å². The van der Waals surface area contributed by atoms with Crippen molar-refractivity contribution in [3.8, 4) is 0 Å². The molecule has 0 aliphatic carbocycles. The normalized spacial score (nSPS) is 10.0. The minimum absolute atomic E-state index is 0.117. The number of hydrogen-bond acceptors (Lipinski definition) is 4. The van der Waals surface area contributed by atoms with Crippen molar-refractivity contribution in [1.29, 1.82) is 0 Å². The number of carbonyl (C=O) groups excluding carboxylic acids is 1. The molecule has 0 saturated carbocycles. The summed E-state index contributed by atoms with van der Waals surface area (Å²) in [5.74, 6) is 0.500. The lowest BCUT2D eigenvalue weighted by molar-refractivity contribution is -0.115. The molecule has 0 aliphatic heterocycles. The van der Waals surface area contributed by atoms with Crippen molar-refractivity contribution in [2.24, 2.45) is 0 Å². The number of carbonyl (C=O) groups is 1. The molecule has 0 spiro atoms. The lowest BCUT2D eigenvalue weighted by atomic mass is 10.3. The zero-order chi connectivity index (χ0) is 13.7. The van der Waals surface area contributed by atoms with Crippen molar-refractivity contribution in [2.45, 2.75) is 13.3 Å². The molecule has 0 aliphatic rings. The molecule has 98 valence electrons. The molecule has 1 amide bonds. The van der Waals surface area contributed by atoms with Crippen LogP contribution in [0.5, 0.6) is 0 Å². The quantitative estimate of drug-likeness (QED) is 0.887. The lowest BCUT2D eigenvalue weighted by Crippen LogP contribution is -2.11. The smallest absolute Gasteiger partial charge is 0.225 e. The number of benzene rings is 1. The maximum atomic E-state index is 12.7. The first-order chi connectivity index (χ1) is 9.17. The van der Waals surface area contributed by atoms with Crippen LogP contribution in [0, 0.1) is 5.82 Å². The van der Waals surface area contributed by atoms with Gasteiger partial charge in [0.1, 0.15) is 5.82 Å². The highest BCUT2D eigenvalue weighted by Crippen LogP contribution is 2.15. The second kappa shape index (κ2) is 5.90. The second-order valence-electron chi connectivity index (χ2n) is 3.84. The molecule has 0 fully saturated rings. The Balaban J connectivity index is 2.02. The van der Waals surface area contributed by atoms with E-state index >= 15 is 0 Å². The Morgan fingerprint density at radius 2 is 1.74 bits per heavy atom. The molecule has 2 aromatic rings. The number of aromatic nitrogens is 2. The van der Waals surface area contributed by atoms with Crippen molar-refractivity contribution >= 4 is 23.2 Å². The van der Waals surface area contributed by atoms with Crippen LogP contribution < -0.4 is 10.6 Å². The Morgan fingerprint density at radius 3 is 2.32 bits per heavy atom. The molecule has 1 aromatic heterocycles. The number of nitrogens with zero attached hydrogens (tertiary/aromatic N) is 2. The highest BCUT2D eigenvalue weighted by molar-refractivity contribution is 5.89. The van der Waals surface area contributed by atoms with Crippen molar-refractivity contribution in [3.63, 3.8) is 0 Å². The van der Waals surface area contributed by atoms with Gasteiger partial charge < -0.3 is 10.6 Å². The largest absolute Gasteiger partial charge is 0.339 e. The zero-order valence-electron chi connectivity index (χ0n) is 10.4. The minimum Gasteiger partial charge on any atom is -0.339 e. The highest BCUT2D eigenvalue weighted by atomic mass is 19.1. The summed E-state index contributed by atoms with van der Waals surface area (Å²) in [6, 6.07) is 9.23. The Hall–Kier alpha value is -2.50. The summed E-state index contributed by atoms with van der Waals surface area (Å²) in [4.78, 5) is 11.2. The third-order valence-electron chi connectivity index (χ3n) is 2.37. The summed E-state index contributed by atoms with van der Waals surface area (Å²) < 4.78 is 12.7. The van der Waals surface area contributed by atoms with Gasteiger partial charge in [-0.25, -0.2) is 4.39 Å². The molecular formula is C13H13FN4O. The van der Waals surface area contributed by atoms with Gasteiger partial charge in [0.2, 0.25) is 5.91 Å². The summed E-state index contributed by atoms with van der Waals surface area (Å²) in [6.45, 7) is 1.76. The molecule has 0 bridgehead atoms. The molecule has 1 aromatic carbocycles. The van der Waals surface area contributed by atoms with Crippen molar-refractivity contribution < 1.29 is 9.18 Å². The number of nitrogens with one attached hydrogen (secondary N) is 2. The minimum atomic E-state index is -0.297. The van der Waals surface area contributed by atoms with E-state index in [1.54, 1.807) is 31.2 Å². The average molecular weight is 260 g/mol. The van der Waals surface area contributed by atoms with Crippen LogP contribution in [0.25, 0.3) is 0 Å². The topological polar surface area (TPSA) is 66.9 Å². The van der Waals surface area contributed by atoms with Crippen LogP contribution in [0.2, 0.25) is 0 Å². The van der Waals surface area contributed by atoms with E-state index in [1.807, 2.05) is 0 Å². The second-order valence-corrected chi connectivity index (χ2v) is 3.84. The average Bonchev–Trinajstić information content (AvgIpc) is 2.43. The van der Waals surface area contributed by atoms with E-state index in [2.05, 4.69) is 20.8 Å². The predicted molar refractivity (Wildman–Crippen MR) is 70.6 cm³/mol. The number of rotatable bonds is 4. The van der Waals surface area contributed by atoms with Crippen LogP contribution in [0.1, 0.15) is 13.3 Å². The number of amides is 1. The highest BCUT2D eigenvalue weighted by Gasteiger charge is 2.02. The molecule has 0 atom stereocenters. The first kappa shape index (κ1) is 12.9. The fourth-order valence-corrected chi connectivity index (χ4v) is 1.38. The SMILES string of the molecule is CCC(=O)Nc1ccc(Nc2ccc(F)cc2)nn1. The molecule has 2 rings (SSSR count). The molecule has 6 heteroatoms. The number of anilines is 3. The van der Waals surface area contributed by atoms with Gasteiger partial charge in [-0.3, -0.25) is 4.79 Å². The van der Waals surface area contributed by atoms with Gasteiger partial charge >= 0.3 is 0 Å².